The highest BCUT2D eigenvalue weighted by atomic mass is 16.6. The number of carboxylic acids is 1. The molecular formula is C11H14N4O4. The zero-order chi connectivity index (χ0) is 13.7. The van der Waals surface area contributed by atoms with Gasteiger partial charge in [0.1, 0.15) is 0 Å². The lowest BCUT2D eigenvalue weighted by Gasteiger charge is -2.24. The normalized spacial score (nSPS) is 28.9. The maximum absolute atomic E-state index is 11.2. The van der Waals surface area contributed by atoms with Crippen LogP contribution in [-0.4, -0.2) is 37.6 Å². The van der Waals surface area contributed by atoms with E-state index in [0.29, 0.717) is 12.2 Å². The monoisotopic (exact) mass is 266 g/mol. The van der Waals surface area contributed by atoms with Gasteiger partial charge in [-0.15, -0.1) is 0 Å². The van der Waals surface area contributed by atoms with Crippen LogP contribution in [0.3, 0.4) is 0 Å². The molecule has 0 saturated carbocycles. The number of nitro groups is 1. The Kier molecular flexibility index (Phi) is 2.48. The van der Waals surface area contributed by atoms with E-state index < -0.39 is 16.8 Å². The molecule has 8 nitrogen and oxygen atoms in total. The molecule has 2 saturated heterocycles. The summed E-state index contributed by atoms with van der Waals surface area (Å²) in [6.07, 6.45) is 3.62. The Morgan fingerprint density at radius 1 is 1.58 bits per heavy atom. The van der Waals surface area contributed by atoms with Crippen LogP contribution < -0.4 is 4.90 Å². The van der Waals surface area contributed by atoms with Crippen molar-refractivity contribution in [2.45, 2.75) is 31.3 Å². The third kappa shape index (κ3) is 1.59. The molecule has 0 aromatic carbocycles. The number of fused-ring (bicyclic) bond motifs is 2. The lowest BCUT2D eigenvalue weighted by Crippen LogP contribution is -2.34. The van der Waals surface area contributed by atoms with Crippen LogP contribution in [0.1, 0.15) is 19.3 Å². The molecule has 0 aliphatic carbocycles. The van der Waals surface area contributed by atoms with Crippen molar-refractivity contribution in [1.29, 1.82) is 0 Å². The van der Waals surface area contributed by atoms with E-state index in [4.69, 9.17) is 0 Å². The van der Waals surface area contributed by atoms with Crippen LogP contribution in [-0.2, 0) is 11.8 Å². The number of anilines is 1. The average molecular weight is 266 g/mol. The van der Waals surface area contributed by atoms with Crippen molar-refractivity contribution >= 4 is 17.6 Å². The summed E-state index contributed by atoms with van der Waals surface area (Å²) in [6.45, 7) is 0. The smallest absolute Gasteiger partial charge is 0.406 e. The summed E-state index contributed by atoms with van der Waals surface area (Å²) in [5.74, 6) is -1.01. The minimum Gasteiger partial charge on any atom is -0.481 e. The largest absolute Gasteiger partial charge is 0.481 e. The second-order valence-corrected chi connectivity index (χ2v) is 5.15. The zero-order valence-electron chi connectivity index (χ0n) is 10.4. The Balaban J connectivity index is 2.02. The van der Waals surface area contributed by atoms with Gasteiger partial charge in [0, 0.05) is 19.1 Å². The summed E-state index contributed by atoms with van der Waals surface area (Å²) in [5.41, 5.74) is 0. The Labute approximate surface area is 108 Å². The molecule has 1 aromatic heterocycles. The van der Waals surface area contributed by atoms with E-state index in [-0.39, 0.29) is 17.9 Å². The number of carboxylic acid groups (broad SMARTS) is 1. The number of carbonyl (C=O) groups is 1. The van der Waals surface area contributed by atoms with Gasteiger partial charge in [-0.2, -0.15) is 0 Å². The van der Waals surface area contributed by atoms with Crippen LogP contribution in [0.2, 0.25) is 0 Å². The predicted octanol–water partition coefficient (Wildman–Crippen LogP) is 0.770. The summed E-state index contributed by atoms with van der Waals surface area (Å²) in [5, 5.41) is 20.2. The first-order valence-corrected chi connectivity index (χ1v) is 6.17. The van der Waals surface area contributed by atoms with Crippen LogP contribution in [0.15, 0.2) is 6.33 Å². The zero-order valence-corrected chi connectivity index (χ0v) is 10.4. The fourth-order valence-corrected chi connectivity index (χ4v) is 3.42. The molecule has 102 valence electrons. The first-order chi connectivity index (χ1) is 9.00. The highest BCUT2D eigenvalue weighted by molar-refractivity contribution is 5.74. The highest BCUT2D eigenvalue weighted by Crippen LogP contribution is 2.46. The summed E-state index contributed by atoms with van der Waals surface area (Å²) >= 11 is 0. The van der Waals surface area contributed by atoms with Crippen LogP contribution >= 0.6 is 0 Å². The number of hydrogen-bond acceptors (Lipinski definition) is 5. The van der Waals surface area contributed by atoms with E-state index >= 15 is 0 Å². The van der Waals surface area contributed by atoms with Crippen molar-refractivity contribution in [3.63, 3.8) is 0 Å². The van der Waals surface area contributed by atoms with Crippen molar-refractivity contribution < 1.29 is 14.8 Å². The predicted molar refractivity (Wildman–Crippen MR) is 64.9 cm³/mol. The standard InChI is InChI=1S/C11H14N4O4/c1-13-5-12-9(15(18)19)10(13)14-6-2-3-8(14)7(4-6)11(16)17/h5-8H,2-4H2,1H3,(H,16,17). The van der Waals surface area contributed by atoms with Gasteiger partial charge in [0.05, 0.1) is 5.92 Å². The molecule has 1 N–H and O–H groups in total. The minimum atomic E-state index is -0.818. The number of rotatable bonds is 3. The Bertz CT molecular complexity index is 555. The van der Waals surface area contributed by atoms with E-state index in [1.807, 2.05) is 4.90 Å². The lowest BCUT2D eigenvalue weighted by atomic mass is 9.89. The number of aromatic nitrogens is 2. The number of aryl methyl sites for hydroxylation is 1. The Hall–Kier alpha value is -2.12. The molecule has 2 fully saturated rings. The third-order valence-electron chi connectivity index (χ3n) is 4.16. The molecule has 2 aliphatic heterocycles. The van der Waals surface area contributed by atoms with Gasteiger partial charge in [-0.25, -0.2) is 0 Å². The number of nitrogens with zero attached hydrogens (tertiary/aromatic N) is 4. The Morgan fingerprint density at radius 3 is 2.89 bits per heavy atom. The minimum absolute atomic E-state index is 0.0696. The molecule has 19 heavy (non-hydrogen) atoms. The van der Waals surface area contributed by atoms with Gasteiger partial charge >= 0.3 is 11.8 Å². The maximum atomic E-state index is 11.2. The molecule has 3 heterocycles. The van der Waals surface area contributed by atoms with E-state index in [1.54, 1.807) is 11.6 Å². The summed E-state index contributed by atoms with van der Waals surface area (Å²) < 4.78 is 1.60. The van der Waals surface area contributed by atoms with Crippen LogP contribution in [0.25, 0.3) is 0 Å². The van der Waals surface area contributed by atoms with Gasteiger partial charge in [-0.1, -0.05) is 0 Å². The van der Waals surface area contributed by atoms with Crippen LogP contribution in [0.5, 0.6) is 0 Å². The van der Waals surface area contributed by atoms with Gasteiger partial charge in [-0.05, 0) is 29.2 Å². The molecule has 1 aromatic rings. The summed E-state index contributed by atoms with van der Waals surface area (Å²) in [4.78, 5) is 27.4. The third-order valence-corrected chi connectivity index (χ3v) is 4.16. The molecule has 0 spiro atoms. The quantitative estimate of drug-likeness (QED) is 0.640. The number of hydrogen-bond donors (Lipinski definition) is 1. The topological polar surface area (TPSA) is 101 Å². The highest BCUT2D eigenvalue weighted by Gasteiger charge is 2.52. The van der Waals surface area contributed by atoms with Crippen molar-refractivity contribution in [3.05, 3.63) is 16.4 Å². The van der Waals surface area contributed by atoms with Crippen molar-refractivity contribution in [1.82, 2.24) is 9.55 Å². The second kappa shape index (κ2) is 3.94. The van der Waals surface area contributed by atoms with E-state index in [0.717, 1.165) is 12.8 Å². The SMILES string of the molecule is Cn1cnc([N+](=O)[O-])c1N1C2CCC1C(C(=O)O)C2. The van der Waals surface area contributed by atoms with Crippen LogP contribution in [0.4, 0.5) is 11.6 Å². The first-order valence-electron chi connectivity index (χ1n) is 6.17. The van der Waals surface area contributed by atoms with Crippen molar-refractivity contribution in [2.75, 3.05) is 4.90 Å². The Morgan fingerprint density at radius 2 is 2.32 bits per heavy atom. The van der Waals surface area contributed by atoms with Gasteiger partial charge < -0.3 is 20.1 Å². The van der Waals surface area contributed by atoms with Gasteiger partial charge in [0.25, 0.3) is 0 Å². The molecule has 2 bridgehead atoms. The van der Waals surface area contributed by atoms with Gasteiger partial charge in [-0.3, -0.25) is 9.36 Å². The second-order valence-electron chi connectivity index (χ2n) is 5.15. The molecule has 0 radical (unpaired) electrons. The van der Waals surface area contributed by atoms with E-state index in [1.165, 1.54) is 6.33 Å². The fraction of sp³-hybridized carbons (Fsp3) is 0.636. The molecular weight excluding hydrogens is 252 g/mol. The maximum Gasteiger partial charge on any atom is 0.406 e. The van der Waals surface area contributed by atoms with Crippen molar-refractivity contribution in [3.8, 4) is 0 Å². The molecule has 3 atom stereocenters. The van der Waals surface area contributed by atoms with Gasteiger partial charge in [0.2, 0.25) is 12.1 Å². The number of imidazole rings is 1. The number of aliphatic carboxylic acids is 1. The fourth-order valence-electron chi connectivity index (χ4n) is 3.42. The lowest BCUT2D eigenvalue weighted by molar-refractivity contribution is -0.388. The van der Waals surface area contributed by atoms with E-state index in [9.17, 15) is 20.0 Å². The first kappa shape index (κ1) is 11.9. The molecule has 2 aliphatic rings. The summed E-state index contributed by atoms with van der Waals surface area (Å²) in [7, 11) is 1.70. The molecule has 3 unspecified atom stereocenters. The van der Waals surface area contributed by atoms with E-state index in [2.05, 4.69) is 4.98 Å². The molecule has 0 amide bonds. The van der Waals surface area contributed by atoms with Crippen molar-refractivity contribution in [2.24, 2.45) is 13.0 Å². The average Bonchev–Trinajstić information content (AvgIpc) is 2.99. The van der Waals surface area contributed by atoms with Gasteiger partial charge in [0.15, 0.2) is 0 Å². The molecule has 8 heteroatoms. The van der Waals surface area contributed by atoms with Crippen LogP contribution in [0, 0.1) is 16.0 Å². The molecule has 3 rings (SSSR count). The summed E-state index contributed by atoms with van der Waals surface area (Å²) in [6, 6.07) is -0.0863.